The number of fused-ring (bicyclic) bond motifs is 2. The van der Waals surface area contributed by atoms with E-state index in [4.69, 9.17) is 4.74 Å². The van der Waals surface area contributed by atoms with E-state index in [0.717, 1.165) is 12.0 Å². The van der Waals surface area contributed by atoms with E-state index in [2.05, 4.69) is 4.99 Å². The van der Waals surface area contributed by atoms with Gasteiger partial charge in [-0.25, -0.2) is 4.99 Å². The quantitative estimate of drug-likeness (QED) is 0.735. The first kappa shape index (κ1) is 13.7. The second-order valence-electron chi connectivity index (χ2n) is 6.02. The largest absolute Gasteiger partial charge is 0.487 e. The van der Waals surface area contributed by atoms with Crippen LogP contribution in [0.4, 0.5) is 0 Å². The highest BCUT2D eigenvalue weighted by atomic mass is 16.5. The summed E-state index contributed by atoms with van der Waals surface area (Å²) in [5.74, 6) is 0.0954. The van der Waals surface area contributed by atoms with Crippen molar-refractivity contribution in [2.45, 2.75) is 39.2 Å². The summed E-state index contributed by atoms with van der Waals surface area (Å²) >= 11 is 0. The van der Waals surface area contributed by atoms with Crippen molar-refractivity contribution in [2.75, 3.05) is 0 Å². The Morgan fingerprint density at radius 3 is 2.57 bits per heavy atom. The number of carbonyl (C=O) groups is 2. The fourth-order valence-corrected chi connectivity index (χ4v) is 2.78. The van der Waals surface area contributed by atoms with Gasteiger partial charge in [-0.15, -0.1) is 0 Å². The van der Waals surface area contributed by atoms with Gasteiger partial charge >= 0.3 is 0 Å². The standard InChI is InChI=1S/C17H17NO3/c1-10(19)18-14-11-6-4-5-7-12(11)16-13(15(14)20)8-9-17(2,3)21-16/h4-7H,8-9H2,1-3H3. The number of hydrogen-bond acceptors (Lipinski definition) is 3. The number of ether oxygens (including phenoxy) is 1. The molecule has 1 aromatic carbocycles. The molecule has 21 heavy (non-hydrogen) atoms. The molecular formula is C17H17NO3. The van der Waals surface area contributed by atoms with Crippen molar-refractivity contribution in [2.24, 2.45) is 4.99 Å². The molecule has 1 aliphatic heterocycles. The number of nitrogens with zero attached hydrogens (tertiary/aromatic N) is 1. The molecule has 0 saturated carbocycles. The Bertz CT molecular complexity index is 711. The van der Waals surface area contributed by atoms with Crippen molar-refractivity contribution in [3.05, 3.63) is 41.0 Å². The van der Waals surface area contributed by atoms with E-state index in [-0.39, 0.29) is 23.0 Å². The van der Waals surface area contributed by atoms with E-state index in [1.807, 2.05) is 38.1 Å². The minimum absolute atomic E-state index is 0.186. The van der Waals surface area contributed by atoms with Crippen LogP contribution in [0.25, 0.3) is 5.76 Å². The van der Waals surface area contributed by atoms with Crippen LogP contribution in [0.1, 0.15) is 44.7 Å². The molecule has 1 aromatic rings. The van der Waals surface area contributed by atoms with E-state index in [9.17, 15) is 9.59 Å². The van der Waals surface area contributed by atoms with Gasteiger partial charge in [0, 0.05) is 23.6 Å². The van der Waals surface area contributed by atoms with Crippen LogP contribution in [0.3, 0.4) is 0 Å². The monoisotopic (exact) mass is 283 g/mol. The van der Waals surface area contributed by atoms with Crippen LogP contribution >= 0.6 is 0 Å². The number of hydrogen-bond donors (Lipinski definition) is 0. The van der Waals surface area contributed by atoms with Crippen molar-refractivity contribution >= 4 is 23.2 Å². The first-order valence-electron chi connectivity index (χ1n) is 7.05. The molecule has 0 spiro atoms. The molecule has 1 aliphatic carbocycles. The molecule has 0 aromatic heterocycles. The van der Waals surface area contributed by atoms with Gasteiger partial charge in [0.1, 0.15) is 17.1 Å². The number of aliphatic imine (C=N–C) groups is 1. The number of allylic oxidation sites excluding steroid dienone is 1. The number of benzene rings is 1. The Labute approximate surface area is 123 Å². The lowest BCUT2D eigenvalue weighted by atomic mass is 9.82. The lowest BCUT2D eigenvalue weighted by Gasteiger charge is -2.36. The van der Waals surface area contributed by atoms with Crippen molar-refractivity contribution < 1.29 is 14.3 Å². The van der Waals surface area contributed by atoms with Crippen LogP contribution in [-0.4, -0.2) is 23.0 Å². The van der Waals surface area contributed by atoms with E-state index >= 15 is 0 Å². The fraction of sp³-hybridized carbons (Fsp3) is 0.353. The fourth-order valence-electron chi connectivity index (χ4n) is 2.78. The normalized spacial score (nSPS) is 21.7. The first-order valence-corrected chi connectivity index (χ1v) is 7.05. The third-order valence-electron chi connectivity index (χ3n) is 3.81. The molecule has 108 valence electrons. The predicted molar refractivity (Wildman–Crippen MR) is 80.0 cm³/mol. The zero-order valence-electron chi connectivity index (χ0n) is 12.4. The van der Waals surface area contributed by atoms with E-state index < -0.39 is 0 Å². The van der Waals surface area contributed by atoms with Gasteiger partial charge in [-0.2, -0.15) is 0 Å². The van der Waals surface area contributed by atoms with Crippen LogP contribution < -0.4 is 0 Å². The zero-order valence-corrected chi connectivity index (χ0v) is 12.4. The maximum Gasteiger partial charge on any atom is 0.243 e. The topological polar surface area (TPSA) is 55.7 Å². The Morgan fingerprint density at radius 2 is 1.90 bits per heavy atom. The Kier molecular flexibility index (Phi) is 3.04. The summed E-state index contributed by atoms with van der Waals surface area (Å²) in [7, 11) is 0. The molecule has 1 amide bonds. The van der Waals surface area contributed by atoms with Crippen LogP contribution in [0.15, 0.2) is 34.8 Å². The molecule has 3 rings (SSSR count). The summed E-state index contributed by atoms with van der Waals surface area (Å²) in [4.78, 5) is 27.9. The number of Topliss-reactive ketones (excluding diaryl/α,β-unsaturated/α-hetero) is 1. The second kappa shape index (κ2) is 4.65. The van der Waals surface area contributed by atoms with Gasteiger partial charge in [0.25, 0.3) is 0 Å². The second-order valence-corrected chi connectivity index (χ2v) is 6.02. The Balaban J connectivity index is 2.23. The van der Waals surface area contributed by atoms with Crippen molar-refractivity contribution in [3.8, 4) is 0 Å². The maximum absolute atomic E-state index is 12.6. The lowest BCUT2D eigenvalue weighted by molar-refractivity contribution is -0.116. The van der Waals surface area contributed by atoms with Gasteiger partial charge < -0.3 is 4.74 Å². The van der Waals surface area contributed by atoms with E-state index in [1.54, 1.807) is 0 Å². The number of amides is 1. The Morgan fingerprint density at radius 1 is 1.24 bits per heavy atom. The third kappa shape index (κ3) is 2.31. The molecule has 0 unspecified atom stereocenters. The van der Waals surface area contributed by atoms with Gasteiger partial charge in [0.15, 0.2) is 0 Å². The number of carbonyl (C=O) groups excluding carboxylic acids is 2. The minimum atomic E-state index is -0.366. The van der Waals surface area contributed by atoms with Crippen LogP contribution in [-0.2, 0) is 14.3 Å². The molecular weight excluding hydrogens is 266 g/mol. The van der Waals surface area contributed by atoms with Crippen molar-refractivity contribution in [1.82, 2.24) is 0 Å². The molecule has 4 heteroatoms. The summed E-state index contributed by atoms with van der Waals surface area (Å²) in [6.45, 7) is 5.39. The van der Waals surface area contributed by atoms with Crippen LogP contribution in [0.5, 0.6) is 0 Å². The summed E-state index contributed by atoms with van der Waals surface area (Å²) < 4.78 is 6.05. The molecule has 0 atom stereocenters. The lowest BCUT2D eigenvalue weighted by Crippen LogP contribution is -2.35. The summed E-state index contributed by atoms with van der Waals surface area (Å²) in [6.07, 6.45) is 1.42. The molecule has 0 saturated heterocycles. The third-order valence-corrected chi connectivity index (χ3v) is 3.81. The van der Waals surface area contributed by atoms with Gasteiger partial charge in [-0.1, -0.05) is 24.3 Å². The SMILES string of the molecule is CC(=O)N=C1C(=O)C2=C(OC(C)(C)CC2)c2ccccc21. The molecule has 0 fully saturated rings. The zero-order chi connectivity index (χ0) is 15.2. The number of ketones is 1. The molecule has 1 heterocycles. The van der Waals surface area contributed by atoms with Gasteiger partial charge in [0.2, 0.25) is 11.7 Å². The summed E-state index contributed by atoms with van der Waals surface area (Å²) in [5, 5.41) is 0. The van der Waals surface area contributed by atoms with Gasteiger partial charge in [-0.05, 0) is 26.7 Å². The number of rotatable bonds is 0. The summed E-state index contributed by atoms with van der Waals surface area (Å²) in [6, 6.07) is 7.45. The average molecular weight is 283 g/mol. The molecule has 0 radical (unpaired) electrons. The highest BCUT2D eigenvalue weighted by Crippen LogP contribution is 2.41. The average Bonchev–Trinajstić information content (AvgIpc) is 2.42. The highest BCUT2D eigenvalue weighted by molar-refractivity contribution is 6.55. The molecule has 2 aliphatic rings. The van der Waals surface area contributed by atoms with E-state index in [1.165, 1.54) is 6.92 Å². The van der Waals surface area contributed by atoms with Crippen LogP contribution in [0.2, 0.25) is 0 Å². The van der Waals surface area contributed by atoms with Gasteiger partial charge in [-0.3, -0.25) is 9.59 Å². The van der Waals surface area contributed by atoms with Gasteiger partial charge in [0.05, 0.1) is 0 Å². The van der Waals surface area contributed by atoms with Crippen molar-refractivity contribution in [3.63, 3.8) is 0 Å². The van der Waals surface area contributed by atoms with Crippen molar-refractivity contribution in [1.29, 1.82) is 0 Å². The smallest absolute Gasteiger partial charge is 0.243 e. The first-order chi connectivity index (χ1) is 9.89. The molecule has 0 bridgehead atoms. The summed E-state index contributed by atoms with van der Waals surface area (Å²) in [5.41, 5.74) is 2.10. The molecule has 0 N–H and O–H groups in total. The predicted octanol–water partition coefficient (Wildman–Crippen LogP) is 2.91. The minimum Gasteiger partial charge on any atom is -0.487 e. The van der Waals surface area contributed by atoms with E-state index in [0.29, 0.717) is 23.3 Å². The highest BCUT2D eigenvalue weighted by Gasteiger charge is 2.38. The molecule has 4 nitrogen and oxygen atoms in total. The maximum atomic E-state index is 12.6. The Hall–Kier alpha value is -2.23. The van der Waals surface area contributed by atoms with Crippen LogP contribution in [0, 0.1) is 0 Å².